The Hall–Kier alpha value is -3.10. The van der Waals surface area contributed by atoms with E-state index in [4.69, 9.17) is 4.52 Å². The largest absolute Gasteiger partial charge is 0.330 e. The molecule has 1 aromatic carbocycles. The van der Waals surface area contributed by atoms with Crippen molar-refractivity contribution >= 4 is 5.91 Å². The number of carbonyl (C=O) groups excluding carboxylic acids is 1. The fourth-order valence-electron chi connectivity index (χ4n) is 3.41. The molecule has 8 nitrogen and oxygen atoms in total. The van der Waals surface area contributed by atoms with Gasteiger partial charge < -0.3 is 14.0 Å². The minimum atomic E-state index is -0.368. The Bertz CT molecular complexity index is 1010. The molecule has 3 aromatic rings. The van der Waals surface area contributed by atoms with Crippen molar-refractivity contribution in [3.63, 3.8) is 0 Å². The summed E-state index contributed by atoms with van der Waals surface area (Å²) in [5, 5.41) is 12.5. The molecule has 0 unspecified atom stereocenters. The van der Waals surface area contributed by atoms with Crippen LogP contribution in [-0.2, 0) is 6.54 Å². The molecule has 0 saturated heterocycles. The van der Waals surface area contributed by atoms with E-state index >= 15 is 0 Å². The van der Waals surface area contributed by atoms with Crippen molar-refractivity contribution in [1.29, 1.82) is 0 Å². The number of carbonyl (C=O) groups is 1. The van der Waals surface area contributed by atoms with Crippen molar-refractivity contribution in [1.82, 2.24) is 29.8 Å². The molecule has 1 aliphatic heterocycles. The molecule has 1 saturated carbocycles. The zero-order valence-corrected chi connectivity index (χ0v) is 14.7. The highest BCUT2D eigenvalue weighted by Crippen LogP contribution is 2.39. The number of benzene rings is 1. The van der Waals surface area contributed by atoms with E-state index < -0.39 is 0 Å². The van der Waals surface area contributed by atoms with Gasteiger partial charge in [0.1, 0.15) is 5.82 Å². The van der Waals surface area contributed by atoms with E-state index in [1.54, 1.807) is 4.90 Å². The van der Waals surface area contributed by atoms with Crippen molar-refractivity contribution in [2.24, 2.45) is 0 Å². The van der Waals surface area contributed by atoms with Crippen molar-refractivity contribution in [2.75, 3.05) is 6.54 Å². The highest BCUT2D eigenvalue weighted by Gasteiger charge is 2.34. The average molecular weight is 368 g/mol. The lowest BCUT2D eigenvalue weighted by Crippen LogP contribution is -2.41. The molecule has 1 aliphatic carbocycles. The van der Waals surface area contributed by atoms with Gasteiger partial charge in [-0.2, -0.15) is 4.98 Å². The van der Waals surface area contributed by atoms with E-state index in [1.165, 1.54) is 24.3 Å². The molecule has 1 atom stereocenters. The van der Waals surface area contributed by atoms with Gasteiger partial charge in [0.25, 0.3) is 11.8 Å². The van der Waals surface area contributed by atoms with Crippen LogP contribution in [0.15, 0.2) is 28.8 Å². The third-order valence-corrected chi connectivity index (χ3v) is 5.11. The van der Waals surface area contributed by atoms with Crippen LogP contribution in [0.5, 0.6) is 0 Å². The number of nitrogens with zero attached hydrogens (tertiary/aromatic N) is 6. The quantitative estimate of drug-likeness (QED) is 0.706. The van der Waals surface area contributed by atoms with Crippen molar-refractivity contribution < 1.29 is 13.7 Å². The monoisotopic (exact) mass is 368 g/mol. The zero-order valence-electron chi connectivity index (χ0n) is 14.7. The summed E-state index contributed by atoms with van der Waals surface area (Å²) in [7, 11) is 0. The second kappa shape index (κ2) is 5.97. The molecule has 1 fully saturated rings. The summed E-state index contributed by atoms with van der Waals surface area (Å²) in [5.41, 5.74) is 0.447. The summed E-state index contributed by atoms with van der Waals surface area (Å²) in [6, 6.07) is 5.29. The first-order chi connectivity index (χ1) is 13.1. The number of amides is 1. The van der Waals surface area contributed by atoms with Gasteiger partial charge in [0, 0.05) is 24.6 Å². The molecule has 3 heterocycles. The maximum Gasteiger partial charge on any atom is 0.295 e. The number of hydrogen-bond donors (Lipinski definition) is 0. The van der Waals surface area contributed by atoms with Gasteiger partial charge in [0.2, 0.25) is 5.82 Å². The van der Waals surface area contributed by atoms with E-state index in [0.717, 1.165) is 18.7 Å². The predicted octanol–water partition coefficient (Wildman–Crippen LogP) is 2.56. The molecular weight excluding hydrogens is 351 g/mol. The van der Waals surface area contributed by atoms with Gasteiger partial charge in [0.15, 0.2) is 11.6 Å². The third-order valence-electron chi connectivity index (χ3n) is 5.11. The first kappa shape index (κ1) is 16.1. The highest BCUT2D eigenvalue weighted by atomic mass is 19.1. The van der Waals surface area contributed by atoms with Crippen molar-refractivity contribution in [3.8, 4) is 11.7 Å². The van der Waals surface area contributed by atoms with Crippen LogP contribution in [0.25, 0.3) is 11.7 Å². The van der Waals surface area contributed by atoms with Crippen LogP contribution in [0.1, 0.15) is 53.7 Å². The minimum absolute atomic E-state index is 0.160. The summed E-state index contributed by atoms with van der Waals surface area (Å²) in [6.45, 7) is 2.91. The van der Waals surface area contributed by atoms with Crippen LogP contribution in [0.3, 0.4) is 0 Å². The number of halogens is 1. The zero-order chi connectivity index (χ0) is 18.5. The molecule has 5 rings (SSSR count). The normalized spacial score (nSPS) is 19.2. The van der Waals surface area contributed by atoms with E-state index in [1.807, 2.05) is 11.5 Å². The highest BCUT2D eigenvalue weighted by molar-refractivity contribution is 5.94. The number of aromatic nitrogens is 5. The molecule has 0 radical (unpaired) electrons. The van der Waals surface area contributed by atoms with E-state index in [-0.39, 0.29) is 17.8 Å². The van der Waals surface area contributed by atoms with Gasteiger partial charge >= 0.3 is 0 Å². The Morgan fingerprint density at radius 3 is 2.70 bits per heavy atom. The summed E-state index contributed by atoms with van der Waals surface area (Å²) in [4.78, 5) is 19.0. The standard InChI is InChI=1S/C18H17FN6O2/c1-10-15-21-22-16(17-20-14(23-27-17)11-2-3-11)25(15)9-8-24(10)18(26)12-4-6-13(19)7-5-12/h4-7,10-11H,2-3,8-9H2,1H3/t10-/m1/s1. The van der Waals surface area contributed by atoms with E-state index in [2.05, 4.69) is 20.3 Å². The van der Waals surface area contributed by atoms with Crippen LogP contribution in [0, 0.1) is 5.82 Å². The van der Waals surface area contributed by atoms with Crippen LogP contribution in [0.4, 0.5) is 4.39 Å². The molecule has 0 spiro atoms. The molecule has 2 aliphatic rings. The van der Waals surface area contributed by atoms with E-state index in [9.17, 15) is 9.18 Å². The van der Waals surface area contributed by atoms with Crippen LogP contribution >= 0.6 is 0 Å². The molecular formula is C18H17FN6O2. The molecule has 0 bridgehead atoms. The Balaban J connectivity index is 1.42. The topological polar surface area (TPSA) is 89.9 Å². The fraction of sp³-hybridized carbons (Fsp3) is 0.389. The number of hydrogen-bond acceptors (Lipinski definition) is 6. The number of rotatable bonds is 3. The lowest BCUT2D eigenvalue weighted by Gasteiger charge is -2.33. The second-order valence-electron chi connectivity index (χ2n) is 6.95. The van der Waals surface area contributed by atoms with Gasteiger partial charge in [-0.1, -0.05) is 5.16 Å². The molecule has 27 heavy (non-hydrogen) atoms. The van der Waals surface area contributed by atoms with Gasteiger partial charge in [-0.25, -0.2) is 4.39 Å². The van der Waals surface area contributed by atoms with Crippen molar-refractivity contribution in [2.45, 2.75) is 38.3 Å². The third kappa shape index (κ3) is 2.70. The van der Waals surface area contributed by atoms with Gasteiger partial charge in [0.05, 0.1) is 6.04 Å². The fourth-order valence-corrected chi connectivity index (χ4v) is 3.41. The molecule has 0 N–H and O–H groups in total. The first-order valence-electron chi connectivity index (χ1n) is 8.95. The van der Waals surface area contributed by atoms with Crippen molar-refractivity contribution in [3.05, 3.63) is 47.3 Å². The summed E-state index contributed by atoms with van der Waals surface area (Å²) >= 11 is 0. The Kier molecular flexibility index (Phi) is 3.56. The predicted molar refractivity (Wildman–Crippen MR) is 91.1 cm³/mol. The Labute approximate surface area is 154 Å². The SMILES string of the molecule is C[C@@H]1c2nnc(-c3nc(C4CC4)no3)n2CCN1C(=O)c1ccc(F)cc1. The van der Waals surface area contributed by atoms with Crippen LogP contribution in [-0.4, -0.2) is 42.3 Å². The molecule has 2 aromatic heterocycles. The maximum atomic E-state index is 13.1. The van der Waals surface area contributed by atoms with Gasteiger partial charge in [-0.15, -0.1) is 10.2 Å². The Morgan fingerprint density at radius 1 is 1.19 bits per heavy atom. The Morgan fingerprint density at radius 2 is 1.96 bits per heavy atom. The summed E-state index contributed by atoms with van der Waals surface area (Å²) < 4.78 is 20.4. The average Bonchev–Trinajstić information content (AvgIpc) is 3.24. The lowest BCUT2D eigenvalue weighted by atomic mass is 10.1. The van der Waals surface area contributed by atoms with Crippen LogP contribution < -0.4 is 0 Å². The number of fused-ring (bicyclic) bond motifs is 1. The first-order valence-corrected chi connectivity index (χ1v) is 8.95. The lowest BCUT2D eigenvalue weighted by molar-refractivity contribution is 0.0638. The molecule has 9 heteroatoms. The van der Waals surface area contributed by atoms with Gasteiger partial charge in [-0.05, 0) is 44.0 Å². The van der Waals surface area contributed by atoms with Crippen LogP contribution in [0.2, 0.25) is 0 Å². The minimum Gasteiger partial charge on any atom is -0.330 e. The smallest absolute Gasteiger partial charge is 0.295 e. The summed E-state index contributed by atoms with van der Waals surface area (Å²) in [5.74, 6) is 2.15. The summed E-state index contributed by atoms with van der Waals surface area (Å²) in [6.07, 6.45) is 2.18. The van der Waals surface area contributed by atoms with E-state index in [0.29, 0.717) is 42.1 Å². The van der Waals surface area contributed by atoms with Gasteiger partial charge in [-0.3, -0.25) is 4.79 Å². The second-order valence-corrected chi connectivity index (χ2v) is 6.95. The molecule has 138 valence electrons. The molecule has 1 amide bonds. The maximum absolute atomic E-state index is 13.1.